The molecule has 2 heteroatoms. The van der Waals surface area contributed by atoms with Crippen LogP contribution < -0.4 is 0 Å². The molecule has 0 fully saturated rings. The Kier molecular flexibility index (Phi) is 2.45. The second-order valence-corrected chi connectivity index (χ2v) is 4.11. The van der Waals surface area contributed by atoms with E-state index in [1.54, 1.807) is 0 Å². The maximum absolute atomic E-state index is 2.37. The van der Waals surface area contributed by atoms with Gasteiger partial charge in [-0.1, -0.05) is 6.92 Å². The topological polar surface area (TPSA) is 6.25 Å². The van der Waals surface area contributed by atoms with Crippen LogP contribution in [0.25, 0.3) is 0 Å². The van der Waals surface area contributed by atoms with E-state index in [0.717, 1.165) is 5.92 Å². The lowest BCUT2D eigenvalue weighted by Crippen LogP contribution is -2.53. The van der Waals surface area contributed by atoms with Gasteiger partial charge in [0.15, 0.2) is 0 Å². The molecule has 1 aliphatic rings. The maximum atomic E-state index is 2.37. The lowest BCUT2D eigenvalue weighted by atomic mass is 9.92. The minimum absolute atomic E-state index is 0.663. The molecule has 3 unspecified atom stereocenters. The molecule has 0 aromatic heterocycles. The van der Waals surface area contributed by atoms with E-state index in [4.69, 9.17) is 0 Å². The number of rotatable bonds is 0. The Labute approximate surface area is 75.9 Å². The standard InChI is InChI=1S/C10H21N2/c1-7-8(2)11(5)10(4)12(6)9(7)3/h7-9H,1-6H3/q+1. The highest BCUT2D eigenvalue weighted by Crippen LogP contribution is 2.20. The fourth-order valence-electron chi connectivity index (χ4n) is 1.95. The SMILES string of the molecule is CC1=[N+](C)C(C)C(C)C(C)N1C. The van der Waals surface area contributed by atoms with Crippen LogP contribution in [0.4, 0.5) is 0 Å². The Hall–Kier alpha value is -0.530. The van der Waals surface area contributed by atoms with Crippen molar-refractivity contribution in [3.63, 3.8) is 0 Å². The van der Waals surface area contributed by atoms with E-state index in [0.29, 0.717) is 12.1 Å². The summed E-state index contributed by atoms with van der Waals surface area (Å²) in [6, 6.07) is 1.33. The van der Waals surface area contributed by atoms with Gasteiger partial charge in [0.2, 0.25) is 5.84 Å². The molecule has 1 rings (SSSR count). The van der Waals surface area contributed by atoms with Gasteiger partial charge in [-0.15, -0.1) is 0 Å². The third-order valence-corrected chi connectivity index (χ3v) is 3.76. The molecule has 0 spiro atoms. The summed E-state index contributed by atoms with van der Waals surface area (Å²) >= 11 is 0. The molecule has 1 aliphatic heterocycles. The highest BCUT2D eigenvalue weighted by atomic mass is 15.3. The minimum atomic E-state index is 0.663. The molecule has 1 heterocycles. The summed E-state index contributed by atoms with van der Waals surface area (Å²) in [4.78, 5) is 2.37. The van der Waals surface area contributed by atoms with E-state index in [2.05, 4.69) is 51.3 Å². The van der Waals surface area contributed by atoms with Crippen molar-refractivity contribution in [2.45, 2.75) is 39.8 Å². The summed E-state index contributed by atoms with van der Waals surface area (Å²) in [5.41, 5.74) is 0. The van der Waals surface area contributed by atoms with E-state index in [9.17, 15) is 0 Å². The molecule has 0 saturated carbocycles. The zero-order valence-electron chi connectivity index (χ0n) is 9.13. The average Bonchev–Trinajstić information content (AvgIpc) is 2.08. The van der Waals surface area contributed by atoms with Crippen LogP contribution in [0.15, 0.2) is 0 Å². The average molecular weight is 169 g/mol. The number of hydrogen-bond acceptors (Lipinski definition) is 1. The van der Waals surface area contributed by atoms with E-state index < -0.39 is 0 Å². The van der Waals surface area contributed by atoms with Gasteiger partial charge < -0.3 is 0 Å². The second-order valence-electron chi connectivity index (χ2n) is 4.11. The number of nitrogens with zero attached hydrogens (tertiary/aromatic N) is 2. The largest absolute Gasteiger partial charge is 0.266 e. The Bertz CT molecular complexity index is 186. The van der Waals surface area contributed by atoms with Crippen LogP contribution in [-0.2, 0) is 0 Å². The number of hydrogen-bond donors (Lipinski definition) is 0. The third kappa shape index (κ3) is 1.23. The van der Waals surface area contributed by atoms with Crippen LogP contribution in [0.3, 0.4) is 0 Å². The van der Waals surface area contributed by atoms with Gasteiger partial charge in [0.25, 0.3) is 0 Å². The molecule has 0 aliphatic carbocycles. The zero-order chi connectivity index (χ0) is 9.46. The van der Waals surface area contributed by atoms with Crippen LogP contribution in [0.1, 0.15) is 27.7 Å². The minimum Gasteiger partial charge on any atom is -0.266 e. The summed E-state index contributed by atoms with van der Waals surface area (Å²) in [6.45, 7) is 9.13. The van der Waals surface area contributed by atoms with Crippen molar-refractivity contribution in [2.24, 2.45) is 5.92 Å². The van der Waals surface area contributed by atoms with Crippen LogP contribution in [0.5, 0.6) is 0 Å². The smallest absolute Gasteiger partial charge is 0.243 e. The normalized spacial score (nSPS) is 37.5. The van der Waals surface area contributed by atoms with Gasteiger partial charge >= 0.3 is 0 Å². The molecule has 12 heavy (non-hydrogen) atoms. The Morgan fingerprint density at radius 3 is 2.25 bits per heavy atom. The van der Waals surface area contributed by atoms with Gasteiger partial charge in [-0.05, 0) is 13.8 Å². The molecule has 2 nitrogen and oxygen atoms in total. The number of amidine groups is 1. The first-order chi connectivity index (χ1) is 5.46. The Morgan fingerprint density at radius 1 is 1.25 bits per heavy atom. The molecule has 0 saturated heterocycles. The highest BCUT2D eigenvalue weighted by molar-refractivity contribution is 5.75. The summed E-state index contributed by atoms with van der Waals surface area (Å²) in [7, 11) is 4.36. The fraction of sp³-hybridized carbons (Fsp3) is 0.900. The van der Waals surface area contributed by atoms with Gasteiger partial charge in [-0.25, -0.2) is 0 Å². The summed E-state index contributed by atoms with van der Waals surface area (Å²) in [5, 5.41) is 0. The molecule has 0 N–H and O–H groups in total. The molecular weight excluding hydrogens is 148 g/mol. The molecule has 70 valence electrons. The van der Waals surface area contributed by atoms with E-state index in [1.807, 2.05) is 0 Å². The first kappa shape index (κ1) is 9.56. The van der Waals surface area contributed by atoms with Crippen LogP contribution in [0.2, 0.25) is 0 Å². The molecule has 0 radical (unpaired) electrons. The maximum Gasteiger partial charge on any atom is 0.243 e. The predicted octanol–water partition coefficient (Wildman–Crippen LogP) is 1.41. The molecular formula is C10H21N2+. The first-order valence-corrected chi connectivity index (χ1v) is 4.76. The van der Waals surface area contributed by atoms with Crippen LogP contribution >= 0.6 is 0 Å². The fourth-order valence-corrected chi connectivity index (χ4v) is 1.95. The molecule has 3 atom stereocenters. The zero-order valence-corrected chi connectivity index (χ0v) is 9.13. The van der Waals surface area contributed by atoms with Crippen molar-refractivity contribution in [3.8, 4) is 0 Å². The van der Waals surface area contributed by atoms with Crippen molar-refractivity contribution in [2.75, 3.05) is 14.1 Å². The van der Waals surface area contributed by atoms with Crippen molar-refractivity contribution < 1.29 is 4.58 Å². The van der Waals surface area contributed by atoms with E-state index >= 15 is 0 Å². The van der Waals surface area contributed by atoms with Crippen molar-refractivity contribution >= 4 is 5.84 Å². The summed E-state index contributed by atoms with van der Waals surface area (Å²) < 4.78 is 2.37. The lowest BCUT2D eigenvalue weighted by molar-refractivity contribution is -0.556. The molecule has 0 aromatic rings. The Balaban J connectivity index is 3.00. The first-order valence-electron chi connectivity index (χ1n) is 4.76. The monoisotopic (exact) mass is 169 g/mol. The van der Waals surface area contributed by atoms with E-state index in [1.165, 1.54) is 5.84 Å². The van der Waals surface area contributed by atoms with Crippen LogP contribution in [-0.4, -0.2) is 41.5 Å². The van der Waals surface area contributed by atoms with Gasteiger partial charge in [0, 0.05) is 12.8 Å². The lowest BCUT2D eigenvalue weighted by Gasteiger charge is -2.35. The van der Waals surface area contributed by atoms with Crippen molar-refractivity contribution in [3.05, 3.63) is 0 Å². The van der Waals surface area contributed by atoms with Crippen LogP contribution in [0, 0.1) is 5.92 Å². The molecule has 0 amide bonds. The van der Waals surface area contributed by atoms with E-state index in [-0.39, 0.29) is 0 Å². The van der Waals surface area contributed by atoms with Gasteiger partial charge in [0.1, 0.15) is 0 Å². The second kappa shape index (κ2) is 3.08. The van der Waals surface area contributed by atoms with Gasteiger partial charge in [-0.3, -0.25) is 9.48 Å². The highest BCUT2D eigenvalue weighted by Gasteiger charge is 2.36. The quantitative estimate of drug-likeness (QED) is 0.497. The Morgan fingerprint density at radius 2 is 1.75 bits per heavy atom. The molecule has 0 aromatic carbocycles. The van der Waals surface area contributed by atoms with Gasteiger partial charge in [0.05, 0.1) is 26.2 Å². The van der Waals surface area contributed by atoms with Crippen molar-refractivity contribution in [1.82, 2.24) is 4.90 Å². The predicted molar refractivity (Wildman–Crippen MR) is 52.7 cm³/mol. The summed E-state index contributed by atoms with van der Waals surface area (Å²) in [6.07, 6.45) is 0. The summed E-state index contributed by atoms with van der Waals surface area (Å²) in [5.74, 6) is 2.12. The molecule has 0 bridgehead atoms. The van der Waals surface area contributed by atoms with Crippen molar-refractivity contribution in [1.29, 1.82) is 0 Å². The van der Waals surface area contributed by atoms with Gasteiger partial charge in [-0.2, -0.15) is 0 Å². The third-order valence-electron chi connectivity index (χ3n) is 3.76.